The molecule has 8 nitrogen and oxygen atoms in total. The van der Waals surface area contributed by atoms with Crippen LogP contribution >= 0.6 is 0 Å². The van der Waals surface area contributed by atoms with Gasteiger partial charge in [-0.25, -0.2) is 4.79 Å². The Morgan fingerprint density at radius 2 is 1.84 bits per heavy atom. The molecule has 0 unspecified atom stereocenters. The number of imide groups is 1. The number of nitrogens with one attached hydrogen (secondary N) is 2. The number of hydrogen-bond donors (Lipinski definition) is 2. The number of benzene rings is 1. The molecule has 1 aromatic rings. The number of urea groups is 1. The maximum Gasteiger partial charge on any atom is 0.418 e. The number of carbonyl (C=O) groups excluding carboxylic acids is 4. The molecule has 2 fully saturated rings. The van der Waals surface area contributed by atoms with Gasteiger partial charge in [-0.3, -0.25) is 19.3 Å². The maximum absolute atomic E-state index is 13.1. The van der Waals surface area contributed by atoms with Crippen molar-refractivity contribution in [2.45, 2.75) is 44.3 Å². The summed E-state index contributed by atoms with van der Waals surface area (Å²) < 4.78 is 39.3. The van der Waals surface area contributed by atoms with E-state index in [0.717, 1.165) is 34.8 Å². The number of hydrogen-bond acceptors (Lipinski definition) is 4. The molecule has 3 rings (SSSR count). The smallest absolute Gasteiger partial charge is 0.332 e. The van der Waals surface area contributed by atoms with Crippen molar-refractivity contribution in [3.8, 4) is 0 Å². The van der Waals surface area contributed by atoms with Crippen molar-refractivity contribution in [3.63, 3.8) is 0 Å². The summed E-state index contributed by atoms with van der Waals surface area (Å²) in [6.07, 6.45) is -2.02. The molecule has 5 amide bonds. The van der Waals surface area contributed by atoms with Crippen LogP contribution in [-0.2, 0) is 20.6 Å². The minimum atomic E-state index is -4.65. The molecule has 168 valence electrons. The molecule has 1 aliphatic carbocycles. The van der Waals surface area contributed by atoms with Crippen LogP contribution in [0.3, 0.4) is 0 Å². The monoisotopic (exact) mass is 440 g/mol. The Bertz CT molecular complexity index is 897. The molecule has 1 spiro atoms. The van der Waals surface area contributed by atoms with Gasteiger partial charge in [-0.05, 0) is 31.9 Å². The fourth-order valence-corrected chi connectivity index (χ4v) is 3.95. The van der Waals surface area contributed by atoms with Gasteiger partial charge in [-0.15, -0.1) is 0 Å². The van der Waals surface area contributed by atoms with Crippen LogP contribution in [0.25, 0.3) is 0 Å². The van der Waals surface area contributed by atoms with E-state index in [1.807, 2.05) is 0 Å². The first-order chi connectivity index (χ1) is 14.6. The summed E-state index contributed by atoms with van der Waals surface area (Å²) in [6.45, 7) is 0.601. The Morgan fingerprint density at radius 1 is 1.19 bits per heavy atom. The van der Waals surface area contributed by atoms with Crippen LogP contribution in [-0.4, -0.2) is 58.7 Å². The van der Waals surface area contributed by atoms with Crippen LogP contribution in [0.5, 0.6) is 0 Å². The molecule has 0 radical (unpaired) electrons. The normalized spacial score (nSPS) is 17.7. The summed E-state index contributed by atoms with van der Waals surface area (Å²) in [6, 6.07) is 3.86. The lowest BCUT2D eigenvalue weighted by atomic mass is 9.98. The summed E-state index contributed by atoms with van der Waals surface area (Å²) in [5.74, 6) is -1.93. The van der Waals surface area contributed by atoms with Gasteiger partial charge < -0.3 is 15.5 Å². The molecule has 0 bridgehead atoms. The third-order valence-corrected chi connectivity index (χ3v) is 5.57. The zero-order valence-corrected chi connectivity index (χ0v) is 16.9. The van der Waals surface area contributed by atoms with E-state index >= 15 is 0 Å². The van der Waals surface area contributed by atoms with E-state index in [-0.39, 0.29) is 6.54 Å². The molecule has 1 saturated carbocycles. The molecule has 2 aliphatic rings. The van der Waals surface area contributed by atoms with Gasteiger partial charge in [0.2, 0.25) is 11.8 Å². The highest BCUT2D eigenvalue weighted by atomic mass is 19.4. The Labute approximate surface area is 176 Å². The van der Waals surface area contributed by atoms with Crippen molar-refractivity contribution in [1.82, 2.24) is 15.1 Å². The fourth-order valence-electron chi connectivity index (χ4n) is 3.95. The number of likely N-dealkylation sites (N-methyl/N-ethyl adjacent to an activating group) is 1. The van der Waals surface area contributed by atoms with Gasteiger partial charge >= 0.3 is 12.2 Å². The van der Waals surface area contributed by atoms with E-state index in [9.17, 15) is 32.3 Å². The largest absolute Gasteiger partial charge is 0.418 e. The van der Waals surface area contributed by atoms with Crippen molar-refractivity contribution in [1.29, 1.82) is 0 Å². The Balaban J connectivity index is 1.64. The molecular formula is C20H23F3N4O4. The van der Waals surface area contributed by atoms with E-state index in [4.69, 9.17) is 0 Å². The Morgan fingerprint density at radius 3 is 2.45 bits per heavy atom. The number of carbonyl (C=O) groups is 4. The highest BCUT2D eigenvalue weighted by Gasteiger charge is 2.52. The second-order valence-corrected chi connectivity index (χ2v) is 7.61. The first-order valence-electron chi connectivity index (χ1n) is 9.95. The Kier molecular flexibility index (Phi) is 6.23. The molecule has 1 heterocycles. The van der Waals surface area contributed by atoms with E-state index < -0.39 is 59.8 Å². The molecule has 1 aliphatic heterocycles. The molecular weight excluding hydrogens is 417 g/mol. The molecule has 0 aromatic heterocycles. The van der Waals surface area contributed by atoms with Crippen molar-refractivity contribution >= 4 is 29.4 Å². The number of rotatable bonds is 6. The first-order valence-corrected chi connectivity index (χ1v) is 9.95. The highest BCUT2D eigenvalue weighted by molar-refractivity contribution is 6.09. The van der Waals surface area contributed by atoms with Crippen molar-refractivity contribution in [2.24, 2.45) is 0 Å². The number of para-hydroxylation sites is 1. The van der Waals surface area contributed by atoms with Gasteiger partial charge in [0.25, 0.3) is 5.91 Å². The number of nitrogens with zero attached hydrogens (tertiary/aromatic N) is 2. The third-order valence-electron chi connectivity index (χ3n) is 5.57. The van der Waals surface area contributed by atoms with Gasteiger partial charge in [-0.1, -0.05) is 25.0 Å². The van der Waals surface area contributed by atoms with Crippen LogP contribution in [0.1, 0.15) is 38.2 Å². The van der Waals surface area contributed by atoms with Gasteiger partial charge in [-0.2, -0.15) is 13.2 Å². The van der Waals surface area contributed by atoms with Gasteiger partial charge in [0, 0.05) is 6.54 Å². The summed E-state index contributed by atoms with van der Waals surface area (Å²) >= 11 is 0. The van der Waals surface area contributed by atoms with Crippen LogP contribution in [0.4, 0.5) is 23.7 Å². The Hall–Kier alpha value is -3.11. The minimum Gasteiger partial charge on any atom is -0.332 e. The lowest BCUT2D eigenvalue weighted by molar-refractivity contribution is -0.140. The summed E-state index contributed by atoms with van der Waals surface area (Å²) in [5, 5.41) is 4.84. The molecule has 11 heteroatoms. The molecule has 0 atom stereocenters. The summed E-state index contributed by atoms with van der Waals surface area (Å²) in [4.78, 5) is 51.7. The van der Waals surface area contributed by atoms with Crippen LogP contribution in [0.2, 0.25) is 0 Å². The van der Waals surface area contributed by atoms with E-state index in [1.165, 1.54) is 12.1 Å². The second kappa shape index (κ2) is 8.56. The quantitative estimate of drug-likeness (QED) is 0.664. The topological polar surface area (TPSA) is 98.8 Å². The molecule has 1 saturated heterocycles. The number of amides is 5. The zero-order chi connectivity index (χ0) is 22.8. The van der Waals surface area contributed by atoms with Crippen molar-refractivity contribution in [3.05, 3.63) is 29.8 Å². The maximum atomic E-state index is 13.1. The average Bonchev–Trinajstić information content (AvgIpc) is 3.26. The summed E-state index contributed by atoms with van der Waals surface area (Å²) in [5.41, 5.74) is -2.37. The average molecular weight is 440 g/mol. The summed E-state index contributed by atoms with van der Waals surface area (Å²) in [7, 11) is 0. The molecule has 2 N–H and O–H groups in total. The number of anilines is 1. The highest BCUT2D eigenvalue weighted by Crippen LogP contribution is 2.35. The number of alkyl halides is 3. The standard InChI is InChI=1S/C20H23F3N4O4/c1-2-26(11-15(28)24-14-8-4-3-7-13(14)20(21,22)23)16(29)12-27-17(30)19(25-18(27)31)9-5-6-10-19/h3-4,7-8H,2,5-6,9-12H2,1H3,(H,24,28)(H,25,31). The van der Waals surface area contributed by atoms with Crippen LogP contribution in [0, 0.1) is 0 Å². The van der Waals surface area contributed by atoms with Crippen LogP contribution in [0.15, 0.2) is 24.3 Å². The SMILES string of the molecule is CCN(CC(=O)Nc1ccccc1C(F)(F)F)C(=O)CN1C(=O)NC2(CCCC2)C1=O. The van der Waals surface area contributed by atoms with E-state index in [0.29, 0.717) is 12.8 Å². The van der Waals surface area contributed by atoms with Crippen molar-refractivity contribution < 1.29 is 32.3 Å². The van der Waals surface area contributed by atoms with Crippen molar-refractivity contribution in [2.75, 3.05) is 25.0 Å². The number of halogens is 3. The predicted molar refractivity (Wildman–Crippen MR) is 104 cm³/mol. The molecule has 1 aromatic carbocycles. The third kappa shape index (κ3) is 4.64. The fraction of sp³-hybridized carbons (Fsp3) is 0.500. The molecule has 31 heavy (non-hydrogen) atoms. The lowest BCUT2D eigenvalue weighted by Crippen LogP contribution is -2.47. The van der Waals surface area contributed by atoms with Crippen LogP contribution < -0.4 is 10.6 Å². The first kappa shape index (κ1) is 22.6. The predicted octanol–water partition coefficient (Wildman–Crippen LogP) is 2.36. The van der Waals surface area contributed by atoms with E-state index in [1.54, 1.807) is 6.92 Å². The second-order valence-electron chi connectivity index (χ2n) is 7.61. The van der Waals surface area contributed by atoms with Gasteiger partial charge in [0.1, 0.15) is 12.1 Å². The van der Waals surface area contributed by atoms with Gasteiger partial charge in [0.05, 0.1) is 17.8 Å². The zero-order valence-electron chi connectivity index (χ0n) is 16.9. The van der Waals surface area contributed by atoms with Gasteiger partial charge in [0.15, 0.2) is 0 Å². The van der Waals surface area contributed by atoms with E-state index in [2.05, 4.69) is 10.6 Å². The lowest BCUT2D eigenvalue weighted by Gasteiger charge is -2.24. The minimum absolute atomic E-state index is 0.0714.